The number of nitrogens with one attached hydrogen (secondary N) is 1. The van der Waals surface area contributed by atoms with Gasteiger partial charge in [-0.15, -0.1) is 0 Å². The molecule has 1 N–H and O–H groups in total. The third-order valence-electron chi connectivity index (χ3n) is 3.87. The predicted molar refractivity (Wildman–Crippen MR) is 83.4 cm³/mol. The fourth-order valence-electron chi connectivity index (χ4n) is 2.52. The van der Waals surface area contributed by atoms with Gasteiger partial charge in [-0.3, -0.25) is 14.4 Å². The van der Waals surface area contributed by atoms with Crippen molar-refractivity contribution in [2.45, 2.75) is 20.3 Å². The van der Waals surface area contributed by atoms with Crippen molar-refractivity contribution in [2.24, 2.45) is 0 Å². The fraction of sp³-hybridized carbons (Fsp3) is 0.438. The number of amides is 3. The molecule has 1 aromatic carbocycles. The van der Waals surface area contributed by atoms with Crippen LogP contribution >= 0.6 is 0 Å². The Morgan fingerprint density at radius 1 is 1.14 bits per heavy atom. The zero-order chi connectivity index (χ0) is 16.1. The molecule has 1 fully saturated rings. The number of benzene rings is 1. The standard InChI is InChI=1S/C16H21N3O3/c1-12-4-3-5-13(2)16(12)17-14(21)10-15(22)19-8-6-18(11-20)7-9-19/h3-5,11H,6-10H2,1-2H3,(H,17,21). The molecule has 0 unspecified atom stereocenters. The van der Waals surface area contributed by atoms with Crippen LogP contribution in [0.4, 0.5) is 5.69 Å². The first-order chi connectivity index (χ1) is 10.5. The number of anilines is 1. The van der Waals surface area contributed by atoms with Crippen molar-refractivity contribution in [3.63, 3.8) is 0 Å². The Hall–Kier alpha value is -2.37. The van der Waals surface area contributed by atoms with E-state index in [4.69, 9.17) is 0 Å². The van der Waals surface area contributed by atoms with E-state index in [1.807, 2.05) is 32.0 Å². The lowest BCUT2D eigenvalue weighted by molar-refractivity contribution is -0.137. The van der Waals surface area contributed by atoms with E-state index < -0.39 is 0 Å². The highest BCUT2D eigenvalue weighted by molar-refractivity contribution is 6.04. The molecule has 6 nitrogen and oxygen atoms in total. The van der Waals surface area contributed by atoms with Gasteiger partial charge in [0.1, 0.15) is 6.42 Å². The van der Waals surface area contributed by atoms with Crippen LogP contribution in [0.25, 0.3) is 0 Å². The predicted octanol–water partition coefficient (Wildman–Crippen LogP) is 0.933. The second kappa shape index (κ2) is 7.06. The van der Waals surface area contributed by atoms with Crippen molar-refractivity contribution in [1.82, 2.24) is 9.80 Å². The fourth-order valence-corrected chi connectivity index (χ4v) is 2.52. The highest BCUT2D eigenvalue weighted by Gasteiger charge is 2.22. The molecule has 1 aromatic rings. The van der Waals surface area contributed by atoms with E-state index in [-0.39, 0.29) is 18.2 Å². The Morgan fingerprint density at radius 2 is 1.73 bits per heavy atom. The van der Waals surface area contributed by atoms with Crippen LogP contribution in [0.1, 0.15) is 17.5 Å². The van der Waals surface area contributed by atoms with Crippen LogP contribution in [0.2, 0.25) is 0 Å². The summed E-state index contributed by atoms with van der Waals surface area (Å²) in [6, 6.07) is 5.77. The van der Waals surface area contributed by atoms with Crippen LogP contribution < -0.4 is 5.32 Å². The maximum atomic E-state index is 12.1. The van der Waals surface area contributed by atoms with Crippen LogP contribution in [0, 0.1) is 13.8 Å². The van der Waals surface area contributed by atoms with Crippen molar-refractivity contribution in [3.8, 4) is 0 Å². The SMILES string of the molecule is Cc1cccc(C)c1NC(=O)CC(=O)N1CCN(C=O)CC1. The molecule has 118 valence electrons. The lowest BCUT2D eigenvalue weighted by Gasteiger charge is -2.32. The number of para-hydroxylation sites is 1. The molecule has 1 heterocycles. The summed E-state index contributed by atoms with van der Waals surface area (Å²) in [5.41, 5.74) is 2.71. The minimum atomic E-state index is -0.305. The van der Waals surface area contributed by atoms with Gasteiger partial charge in [-0.1, -0.05) is 18.2 Å². The number of piperazine rings is 1. The molecular formula is C16H21N3O3. The van der Waals surface area contributed by atoms with Gasteiger partial charge in [0.05, 0.1) is 0 Å². The smallest absolute Gasteiger partial charge is 0.233 e. The normalized spacial score (nSPS) is 14.6. The Labute approximate surface area is 130 Å². The van der Waals surface area contributed by atoms with Gasteiger partial charge in [0.2, 0.25) is 18.2 Å². The number of hydrogen-bond acceptors (Lipinski definition) is 3. The zero-order valence-corrected chi connectivity index (χ0v) is 13.0. The van der Waals surface area contributed by atoms with Gasteiger partial charge in [-0.25, -0.2) is 0 Å². The Bertz CT molecular complexity index is 558. The van der Waals surface area contributed by atoms with E-state index in [1.165, 1.54) is 0 Å². The van der Waals surface area contributed by atoms with Gasteiger partial charge in [-0.2, -0.15) is 0 Å². The first-order valence-corrected chi connectivity index (χ1v) is 7.34. The van der Waals surface area contributed by atoms with E-state index in [0.717, 1.165) is 23.2 Å². The second-order valence-corrected chi connectivity index (χ2v) is 5.51. The molecular weight excluding hydrogens is 282 g/mol. The molecule has 0 bridgehead atoms. The summed E-state index contributed by atoms with van der Waals surface area (Å²) < 4.78 is 0. The monoisotopic (exact) mass is 303 g/mol. The molecule has 1 saturated heterocycles. The average Bonchev–Trinajstić information content (AvgIpc) is 2.51. The van der Waals surface area contributed by atoms with Crippen molar-refractivity contribution < 1.29 is 14.4 Å². The van der Waals surface area contributed by atoms with Crippen molar-refractivity contribution in [3.05, 3.63) is 29.3 Å². The molecule has 0 aromatic heterocycles. The molecule has 22 heavy (non-hydrogen) atoms. The van der Waals surface area contributed by atoms with E-state index in [2.05, 4.69) is 5.32 Å². The van der Waals surface area contributed by atoms with Crippen molar-refractivity contribution in [1.29, 1.82) is 0 Å². The molecule has 0 aliphatic carbocycles. The van der Waals surface area contributed by atoms with Crippen LogP contribution in [-0.2, 0) is 14.4 Å². The summed E-state index contributed by atoms with van der Waals surface area (Å²) in [4.78, 5) is 38.1. The zero-order valence-electron chi connectivity index (χ0n) is 13.0. The summed E-state index contributed by atoms with van der Waals surface area (Å²) in [6.07, 6.45) is 0.615. The summed E-state index contributed by atoms with van der Waals surface area (Å²) in [7, 11) is 0. The molecule has 0 radical (unpaired) electrons. The van der Waals surface area contributed by atoms with E-state index in [0.29, 0.717) is 26.2 Å². The first-order valence-electron chi connectivity index (χ1n) is 7.34. The van der Waals surface area contributed by atoms with E-state index in [1.54, 1.807) is 9.80 Å². The van der Waals surface area contributed by atoms with Crippen LogP contribution in [0.5, 0.6) is 0 Å². The summed E-state index contributed by atoms with van der Waals surface area (Å²) in [6.45, 7) is 5.84. The number of nitrogens with zero attached hydrogens (tertiary/aromatic N) is 2. The molecule has 3 amide bonds. The minimum absolute atomic E-state index is 0.172. The van der Waals surface area contributed by atoms with Crippen LogP contribution in [-0.4, -0.2) is 54.2 Å². The van der Waals surface area contributed by atoms with Crippen LogP contribution in [0.15, 0.2) is 18.2 Å². The van der Waals surface area contributed by atoms with Crippen LogP contribution in [0.3, 0.4) is 0 Å². The van der Waals surface area contributed by atoms with Crippen molar-refractivity contribution >= 4 is 23.9 Å². The number of hydrogen-bond donors (Lipinski definition) is 1. The lowest BCUT2D eigenvalue weighted by Crippen LogP contribution is -2.48. The highest BCUT2D eigenvalue weighted by Crippen LogP contribution is 2.19. The molecule has 2 rings (SSSR count). The second-order valence-electron chi connectivity index (χ2n) is 5.51. The maximum Gasteiger partial charge on any atom is 0.233 e. The minimum Gasteiger partial charge on any atom is -0.342 e. The van der Waals surface area contributed by atoms with Gasteiger partial charge in [0.15, 0.2) is 0 Å². The first kappa shape index (κ1) is 16.0. The lowest BCUT2D eigenvalue weighted by atomic mass is 10.1. The third kappa shape index (κ3) is 3.84. The summed E-state index contributed by atoms with van der Waals surface area (Å²) in [5.74, 6) is -0.505. The molecule has 6 heteroatoms. The van der Waals surface area contributed by atoms with E-state index >= 15 is 0 Å². The molecule has 1 aliphatic heterocycles. The number of rotatable bonds is 4. The summed E-state index contributed by atoms with van der Waals surface area (Å²) >= 11 is 0. The number of carbonyl (C=O) groups excluding carboxylic acids is 3. The topological polar surface area (TPSA) is 69.7 Å². The molecule has 1 aliphatic rings. The molecule has 0 atom stereocenters. The highest BCUT2D eigenvalue weighted by atomic mass is 16.2. The van der Waals surface area contributed by atoms with Crippen molar-refractivity contribution in [2.75, 3.05) is 31.5 Å². The number of aryl methyl sites for hydroxylation is 2. The summed E-state index contributed by atoms with van der Waals surface area (Å²) in [5, 5.41) is 2.82. The maximum absolute atomic E-state index is 12.1. The number of carbonyl (C=O) groups is 3. The Balaban J connectivity index is 1.89. The van der Waals surface area contributed by atoms with Gasteiger partial charge in [-0.05, 0) is 25.0 Å². The Kier molecular flexibility index (Phi) is 5.14. The average molecular weight is 303 g/mol. The van der Waals surface area contributed by atoms with Gasteiger partial charge < -0.3 is 15.1 Å². The van der Waals surface area contributed by atoms with Gasteiger partial charge in [0, 0.05) is 31.9 Å². The Morgan fingerprint density at radius 3 is 2.27 bits per heavy atom. The third-order valence-corrected chi connectivity index (χ3v) is 3.87. The largest absolute Gasteiger partial charge is 0.342 e. The van der Waals surface area contributed by atoms with Gasteiger partial charge >= 0.3 is 0 Å². The van der Waals surface area contributed by atoms with E-state index in [9.17, 15) is 14.4 Å². The molecule has 0 saturated carbocycles. The molecule has 0 spiro atoms. The van der Waals surface area contributed by atoms with Gasteiger partial charge in [0.25, 0.3) is 0 Å². The quantitative estimate of drug-likeness (QED) is 0.664.